The predicted octanol–water partition coefficient (Wildman–Crippen LogP) is 2.83. The quantitative estimate of drug-likeness (QED) is 0.761. The van der Waals surface area contributed by atoms with Crippen LogP contribution in [-0.2, 0) is 6.54 Å². The fraction of sp³-hybridized carbons (Fsp3) is 0.750. The van der Waals surface area contributed by atoms with Gasteiger partial charge in [-0.05, 0) is 56.5 Å². The minimum Gasteiger partial charge on any atom is -0.492 e. The van der Waals surface area contributed by atoms with Crippen LogP contribution < -0.4 is 4.74 Å². The van der Waals surface area contributed by atoms with E-state index in [0.717, 1.165) is 64.6 Å². The number of benzene rings is 1. The summed E-state index contributed by atoms with van der Waals surface area (Å²) in [5.41, 5.74) is 1.52. The van der Waals surface area contributed by atoms with E-state index in [1.54, 1.807) is 0 Å². The molecule has 2 aliphatic heterocycles. The Morgan fingerprint density at radius 1 is 0.966 bits per heavy atom. The highest BCUT2D eigenvalue weighted by Crippen LogP contribution is 2.45. The maximum Gasteiger partial charge on any atom is 0.119 e. The Kier molecular flexibility index (Phi) is 7.12. The van der Waals surface area contributed by atoms with Crippen LogP contribution in [0.5, 0.6) is 5.75 Å². The van der Waals surface area contributed by atoms with Gasteiger partial charge < -0.3 is 14.7 Å². The first-order valence-electron chi connectivity index (χ1n) is 11.7. The van der Waals surface area contributed by atoms with Gasteiger partial charge in [-0.1, -0.05) is 25.5 Å². The normalized spacial score (nSPS) is 29.5. The minimum atomic E-state index is -0.0916. The van der Waals surface area contributed by atoms with Gasteiger partial charge in [0.05, 0.1) is 6.10 Å². The number of piperidine rings is 1. The average Bonchev–Trinajstić information content (AvgIpc) is 3.09. The Balaban J connectivity index is 1.20. The molecule has 3 fully saturated rings. The van der Waals surface area contributed by atoms with E-state index in [0.29, 0.717) is 0 Å². The third-order valence-electron chi connectivity index (χ3n) is 7.46. The van der Waals surface area contributed by atoms with Crippen molar-refractivity contribution in [2.75, 3.05) is 59.0 Å². The molecule has 1 N–H and O–H groups in total. The summed E-state index contributed by atoms with van der Waals surface area (Å²) < 4.78 is 6.00. The highest BCUT2D eigenvalue weighted by molar-refractivity contribution is 5.27. The summed E-state index contributed by atoms with van der Waals surface area (Å²) in [4.78, 5) is 7.56. The van der Waals surface area contributed by atoms with Gasteiger partial charge in [0, 0.05) is 51.2 Å². The lowest BCUT2D eigenvalue weighted by Gasteiger charge is -2.42. The van der Waals surface area contributed by atoms with Gasteiger partial charge in [0.15, 0.2) is 0 Å². The Hall–Kier alpha value is -1.14. The molecular weight excluding hydrogens is 362 g/mol. The molecule has 1 spiro atoms. The van der Waals surface area contributed by atoms with Crippen molar-refractivity contribution in [3.8, 4) is 5.75 Å². The molecule has 162 valence electrons. The molecule has 0 unspecified atom stereocenters. The fourth-order valence-electron chi connectivity index (χ4n) is 5.56. The summed E-state index contributed by atoms with van der Waals surface area (Å²) in [6.07, 6.45) is 5.70. The molecular formula is C24H39N3O2. The lowest BCUT2D eigenvalue weighted by Crippen LogP contribution is -2.47. The number of likely N-dealkylation sites (N-methyl/N-ethyl adjacent to an activating group) is 1. The third kappa shape index (κ3) is 5.32. The highest BCUT2D eigenvalue weighted by atomic mass is 16.5. The summed E-state index contributed by atoms with van der Waals surface area (Å²) in [6, 6.07) is 8.66. The van der Waals surface area contributed by atoms with Crippen LogP contribution in [0.1, 0.15) is 44.6 Å². The lowest BCUT2D eigenvalue weighted by molar-refractivity contribution is -0.0120. The van der Waals surface area contributed by atoms with Crippen LogP contribution in [-0.4, -0.2) is 84.9 Å². The van der Waals surface area contributed by atoms with E-state index in [2.05, 4.69) is 45.9 Å². The van der Waals surface area contributed by atoms with Crippen molar-refractivity contribution in [3.05, 3.63) is 29.8 Å². The van der Waals surface area contributed by atoms with Crippen molar-refractivity contribution in [1.82, 2.24) is 14.7 Å². The molecule has 0 amide bonds. The zero-order chi connectivity index (χ0) is 20.1. The molecule has 0 aromatic heterocycles. The largest absolute Gasteiger partial charge is 0.492 e. The van der Waals surface area contributed by atoms with E-state index >= 15 is 0 Å². The van der Waals surface area contributed by atoms with Crippen LogP contribution in [0.3, 0.4) is 0 Å². The van der Waals surface area contributed by atoms with E-state index in [1.807, 2.05) is 0 Å². The molecule has 5 heteroatoms. The fourth-order valence-corrected chi connectivity index (χ4v) is 5.56. The average molecular weight is 402 g/mol. The van der Waals surface area contributed by atoms with Crippen molar-refractivity contribution in [2.24, 2.45) is 5.41 Å². The number of hydrogen-bond donors (Lipinski definition) is 1. The number of likely N-dealkylation sites (tertiary alicyclic amines) is 1. The van der Waals surface area contributed by atoms with Crippen LogP contribution in [0, 0.1) is 5.41 Å². The number of aliphatic hydroxyl groups is 1. The van der Waals surface area contributed by atoms with Gasteiger partial charge in [0.25, 0.3) is 0 Å². The van der Waals surface area contributed by atoms with E-state index in [4.69, 9.17) is 4.74 Å². The Morgan fingerprint density at radius 2 is 1.69 bits per heavy atom. The zero-order valence-electron chi connectivity index (χ0n) is 18.2. The van der Waals surface area contributed by atoms with Gasteiger partial charge in [-0.3, -0.25) is 9.80 Å². The van der Waals surface area contributed by atoms with Gasteiger partial charge in [-0.25, -0.2) is 0 Å². The first kappa shape index (κ1) is 21.1. The molecule has 1 aromatic carbocycles. The van der Waals surface area contributed by atoms with Gasteiger partial charge in [0.2, 0.25) is 0 Å². The van der Waals surface area contributed by atoms with E-state index in [9.17, 15) is 5.11 Å². The summed E-state index contributed by atoms with van der Waals surface area (Å²) in [5.74, 6) is 0.974. The lowest BCUT2D eigenvalue weighted by atomic mass is 9.76. The Labute approximate surface area is 176 Å². The molecule has 1 saturated carbocycles. The molecule has 4 rings (SSSR count). The van der Waals surface area contributed by atoms with Crippen molar-refractivity contribution >= 4 is 0 Å². The minimum absolute atomic E-state index is 0.0916. The maximum absolute atomic E-state index is 10.5. The van der Waals surface area contributed by atoms with Crippen molar-refractivity contribution in [1.29, 1.82) is 0 Å². The standard InChI is InChI=1S/C24H39N3O2/c1-2-25-13-15-26(16-14-25)17-18-29-22-8-6-21(7-9-22)19-27-12-4-11-24(20-27)10-3-5-23(24)28/h6-9,23,28H,2-5,10-20H2,1H3/t23-,24-/m1/s1. The summed E-state index contributed by atoms with van der Waals surface area (Å²) in [7, 11) is 0. The number of hydrogen-bond acceptors (Lipinski definition) is 5. The monoisotopic (exact) mass is 401 g/mol. The topological polar surface area (TPSA) is 39.2 Å². The van der Waals surface area contributed by atoms with E-state index in [1.165, 1.54) is 44.3 Å². The third-order valence-corrected chi connectivity index (χ3v) is 7.46. The number of ether oxygens (including phenoxy) is 1. The van der Waals surface area contributed by atoms with E-state index < -0.39 is 0 Å². The number of rotatable bonds is 7. The highest BCUT2D eigenvalue weighted by Gasteiger charge is 2.44. The maximum atomic E-state index is 10.5. The summed E-state index contributed by atoms with van der Waals surface area (Å²) in [6.45, 7) is 13.0. The molecule has 3 aliphatic rings. The predicted molar refractivity (Wildman–Crippen MR) is 117 cm³/mol. The Morgan fingerprint density at radius 3 is 2.38 bits per heavy atom. The van der Waals surface area contributed by atoms with Gasteiger partial charge in [0.1, 0.15) is 12.4 Å². The second kappa shape index (κ2) is 9.78. The molecule has 29 heavy (non-hydrogen) atoms. The number of nitrogens with zero attached hydrogens (tertiary/aromatic N) is 3. The first-order chi connectivity index (χ1) is 14.2. The zero-order valence-corrected chi connectivity index (χ0v) is 18.2. The molecule has 1 aromatic rings. The van der Waals surface area contributed by atoms with Crippen molar-refractivity contribution < 1.29 is 9.84 Å². The van der Waals surface area contributed by atoms with Gasteiger partial charge >= 0.3 is 0 Å². The van der Waals surface area contributed by atoms with Crippen molar-refractivity contribution in [3.63, 3.8) is 0 Å². The van der Waals surface area contributed by atoms with Crippen LogP contribution in [0.15, 0.2) is 24.3 Å². The number of aliphatic hydroxyl groups excluding tert-OH is 1. The Bertz CT molecular complexity index is 630. The van der Waals surface area contributed by atoms with Crippen LogP contribution in [0.4, 0.5) is 0 Å². The van der Waals surface area contributed by atoms with Gasteiger partial charge in [-0.15, -0.1) is 0 Å². The first-order valence-corrected chi connectivity index (χ1v) is 11.7. The second-order valence-corrected chi connectivity index (χ2v) is 9.35. The smallest absolute Gasteiger partial charge is 0.119 e. The van der Waals surface area contributed by atoms with Gasteiger partial charge in [-0.2, -0.15) is 0 Å². The van der Waals surface area contributed by atoms with Crippen LogP contribution >= 0.6 is 0 Å². The summed E-state index contributed by atoms with van der Waals surface area (Å²) in [5, 5.41) is 10.5. The molecule has 0 radical (unpaired) electrons. The molecule has 5 nitrogen and oxygen atoms in total. The molecule has 2 saturated heterocycles. The molecule has 2 heterocycles. The molecule has 1 aliphatic carbocycles. The summed E-state index contributed by atoms with van der Waals surface area (Å²) >= 11 is 0. The molecule has 0 bridgehead atoms. The van der Waals surface area contributed by atoms with Crippen molar-refractivity contribution in [2.45, 2.75) is 51.7 Å². The van der Waals surface area contributed by atoms with Crippen LogP contribution in [0.25, 0.3) is 0 Å². The number of piperazine rings is 1. The van der Waals surface area contributed by atoms with Crippen LogP contribution in [0.2, 0.25) is 0 Å². The SMILES string of the molecule is CCN1CCN(CCOc2ccc(CN3CCC[C@]4(CCC[C@H]4O)C3)cc2)CC1. The van der Waals surface area contributed by atoms with E-state index in [-0.39, 0.29) is 11.5 Å². The second-order valence-electron chi connectivity index (χ2n) is 9.35. The molecule has 2 atom stereocenters.